The molecular weight excluding hydrogens is 287 g/mol. The van der Waals surface area contributed by atoms with Gasteiger partial charge in [0.05, 0.1) is 21.4 Å². The fraction of sp³-hybridized carbons (Fsp3) is 0. The standard InChI is InChI=1S/C13H8Cl2N2S/c14-8-5-11-12(6-9(8)15)17-13(18)7-3-1-2-4-10(7)16-11/h1-6,16H,(H,17,18). The number of nitrogens with one attached hydrogen (secondary N) is 2. The molecule has 0 atom stereocenters. The molecule has 5 heteroatoms. The van der Waals surface area contributed by atoms with Crippen molar-refractivity contribution in [1.82, 2.24) is 0 Å². The SMILES string of the molecule is S=C1Nc2cc(Cl)c(Cl)cc2Nc2ccccc21. The topological polar surface area (TPSA) is 24.1 Å². The molecule has 3 rings (SSSR count). The largest absolute Gasteiger partial charge is 0.353 e. The summed E-state index contributed by atoms with van der Waals surface area (Å²) in [4.78, 5) is 0.662. The summed E-state index contributed by atoms with van der Waals surface area (Å²) in [6, 6.07) is 11.4. The zero-order valence-electron chi connectivity index (χ0n) is 9.13. The molecule has 90 valence electrons. The van der Waals surface area contributed by atoms with Crippen LogP contribution in [0, 0.1) is 0 Å². The average Bonchev–Trinajstić information content (AvgIpc) is 2.48. The van der Waals surface area contributed by atoms with Crippen LogP contribution >= 0.6 is 35.4 Å². The Morgan fingerprint density at radius 2 is 1.44 bits per heavy atom. The van der Waals surface area contributed by atoms with Crippen LogP contribution in [-0.4, -0.2) is 4.99 Å². The van der Waals surface area contributed by atoms with E-state index in [-0.39, 0.29) is 0 Å². The average molecular weight is 295 g/mol. The summed E-state index contributed by atoms with van der Waals surface area (Å²) in [7, 11) is 0. The predicted molar refractivity (Wildman–Crippen MR) is 81.5 cm³/mol. The Morgan fingerprint density at radius 1 is 0.833 bits per heavy atom. The minimum Gasteiger partial charge on any atom is -0.353 e. The van der Waals surface area contributed by atoms with E-state index in [0.717, 1.165) is 22.6 Å². The highest BCUT2D eigenvalue weighted by atomic mass is 35.5. The molecule has 2 aromatic rings. The number of rotatable bonds is 0. The summed E-state index contributed by atoms with van der Waals surface area (Å²) in [5.41, 5.74) is 3.59. The van der Waals surface area contributed by atoms with E-state index in [9.17, 15) is 0 Å². The van der Waals surface area contributed by atoms with Gasteiger partial charge in [-0.15, -0.1) is 0 Å². The van der Waals surface area contributed by atoms with Crippen LogP contribution in [0.25, 0.3) is 0 Å². The van der Waals surface area contributed by atoms with Crippen LogP contribution in [-0.2, 0) is 0 Å². The van der Waals surface area contributed by atoms with Gasteiger partial charge >= 0.3 is 0 Å². The van der Waals surface area contributed by atoms with Crippen LogP contribution in [0.2, 0.25) is 10.0 Å². The van der Waals surface area contributed by atoms with Crippen LogP contribution < -0.4 is 10.6 Å². The van der Waals surface area contributed by atoms with Gasteiger partial charge in [-0.05, 0) is 24.3 Å². The Labute approximate surface area is 120 Å². The molecule has 0 aliphatic carbocycles. The lowest BCUT2D eigenvalue weighted by Crippen LogP contribution is -2.08. The summed E-state index contributed by atoms with van der Waals surface area (Å²) in [6.07, 6.45) is 0. The van der Waals surface area contributed by atoms with Crippen LogP contribution in [0.4, 0.5) is 17.1 Å². The molecule has 0 aromatic heterocycles. The van der Waals surface area contributed by atoms with Gasteiger partial charge in [0.1, 0.15) is 4.99 Å². The Bertz CT molecular complexity index is 655. The van der Waals surface area contributed by atoms with E-state index in [2.05, 4.69) is 10.6 Å². The molecular formula is C13H8Cl2N2S. The Hall–Kier alpha value is -1.29. The molecule has 1 aliphatic heterocycles. The van der Waals surface area contributed by atoms with Crippen LogP contribution in [0.15, 0.2) is 36.4 Å². The molecule has 0 bridgehead atoms. The Kier molecular flexibility index (Phi) is 2.90. The first-order valence-corrected chi connectivity index (χ1v) is 6.48. The van der Waals surface area contributed by atoms with Crippen LogP contribution in [0.3, 0.4) is 0 Å². The van der Waals surface area contributed by atoms with E-state index < -0.39 is 0 Å². The van der Waals surface area contributed by atoms with Crippen molar-refractivity contribution >= 4 is 57.5 Å². The number of para-hydroxylation sites is 1. The van der Waals surface area contributed by atoms with Gasteiger partial charge in [-0.1, -0.05) is 47.6 Å². The van der Waals surface area contributed by atoms with Gasteiger partial charge in [0.15, 0.2) is 0 Å². The predicted octanol–water partition coefficient (Wildman–Crippen LogP) is 4.84. The first-order chi connectivity index (χ1) is 8.65. The molecule has 2 nitrogen and oxygen atoms in total. The zero-order chi connectivity index (χ0) is 12.7. The van der Waals surface area contributed by atoms with E-state index >= 15 is 0 Å². The second kappa shape index (κ2) is 4.43. The Morgan fingerprint density at radius 3 is 2.17 bits per heavy atom. The first-order valence-electron chi connectivity index (χ1n) is 5.31. The van der Waals surface area contributed by atoms with Gasteiger partial charge in [0, 0.05) is 11.3 Å². The lowest BCUT2D eigenvalue weighted by molar-refractivity contribution is 1.56. The number of thiocarbonyl (C=S) groups is 1. The molecule has 0 unspecified atom stereocenters. The maximum atomic E-state index is 6.03. The van der Waals surface area contributed by atoms with Crippen molar-refractivity contribution in [3.05, 3.63) is 52.0 Å². The molecule has 0 amide bonds. The zero-order valence-corrected chi connectivity index (χ0v) is 11.5. The summed E-state index contributed by atoms with van der Waals surface area (Å²) in [5.74, 6) is 0. The number of fused-ring (bicyclic) bond motifs is 2. The molecule has 0 saturated heterocycles. The van der Waals surface area contributed by atoms with Gasteiger partial charge in [-0.25, -0.2) is 0 Å². The molecule has 1 aliphatic rings. The third-order valence-electron chi connectivity index (χ3n) is 2.75. The number of halogens is 2. The molecule has 0 radical (unpaired) electrons. The molecule has 18 heavy (non-hydrogen) atoms. The summed E-state index contributed by atoms with van der Waals surface area (Å²) < 4.78 is 0. The van der Waals surface area contributed by atoms with Crippen molar-refractivity contribution in [2.24, 2.45) is 0 Å². The van der Waals surface area contributed by atoms with Gasteiger partial charge in [-0.2, -0.15) is 0 Å². The molecule has 0 spiro atoms. The van der Waals surface area contributed by atoms with Gasteiger partial charge in [-0.3, -0.25) is 0 Å². The van der Waals surface area contributed by atoms with Crippen molar-refractivity contribution in [2.45, 2.75) is 0 Å². The maximum Gasteiger partial charge on any atom is 0.113 e. The number of benzene rings is 2. The number of anilines is 3. The number of hydrogen-bond donors (Lipinski definition) is 2. The van der Waals surface area contributed by atoms with Crippen LogP contribution in [0.1, 0.15) is 5.56 Å². The second-order valence-corrected chi connectivity index (χ2v) is 5.16. The van der Waals surface area contributed by atoms with Gasteiger partial charge in [0.2, 0.25) is 0 Å². The van der Waals surface area contributed by atoms with Crippen molar-refractivity contribution in [3.8, 4) is 0 Å². The molecule has 1 heterocycles. The summed E-state index contributed by atoms with van der Waals surface area (Å²) in [6.45, 7) is 0. The molecule has 0 fully saturated rings. The van der Waals surface area contributed by atoms with E-state index in [0.29, 0.717) is 15.0 Å². The summed E-state index contributed by atoms with van der Waals surface area (Å²) in [5, 5.41) is 7.49. The van der Waals surface area contributed by atoms with Gasteiger partial charge in [0.25, 0.3) is 0 Å². The lowest BCUT2D eigenvalue weighted by Gasteiger charge is -2.10. The van der Waals surface area contributed by atoms with Crippen molar-refractivity contribution in [3.63, 3.8) is 0 Å². The Balaban J connectivity index is 2.18. The fourth-order valence-electron chi connectivity index (χ4n) is 1.88. The van der Waals surface area contributed by atoms with Crippen LogP contribution in [0.5, 0.6) is 0 Å². The third kappa shape index (κ3) is 1.94. The maximum absolute atomic E-state index is 6.03. The van der Waals surface area contributed by atoms with Crippen molar-refractivity contribution < 1.29 is 0 Å². The minimum absolute atomic E-state index is 0.499. The molecule has 2 aromatic carbocycles. The van der Waals surface area contributed by atoms with E-state index in [1.54, 1.807) is 12.1 Å². The van der Waals surface area contributed by atoms with Crippen molar-refractivity contribution in [2.75, 3.05) is 10.6 Å². The highest BCUT2D eigenvalue weighted by molar-refractivity contribution is 7.81. The monoisotopic (exact) mass is 294 g/mol. The van der Waals surface area contributed by atoms with E-state index in [1.165, 1.54) is 0 Å². The van der Waals surface area contributed by atoms with Gasteiger partial charge < -0.3 is 10.6 Å². The highest BCUT2D eigenvalue weighted by Gasteiger charge is 2.17. The molecule has 0 saturated carbocycles. The molecule has 2 N–H and O–H groups in total. The highest BCUT2D eigenvalue weighted by Crippen LogP contribution is 2.37. The smallest absolute Gasteiger partial charge is 0.113 e. The second-order valence-electron chi connectivity index (χ2n) is 3.94. The first kappa shape index (κ1) is 11.8. The third-order valence-corrected chi connectivity index (χ3v) is 3.79. The fourth-order valence-corrected chi connectivity index (χ4v) is 2.49. The normalized spacial score (nSPS) is 12.9. The number of hydrogen-bond acceptors (Lipinski definition) is 2. The van der Waals surface area contributed by atoms with E-state index in [1.807, 2.05) is 24.3 Å². The van der Waals surface area contributed by atoms with E-state index in [4.69, 9.17) is 35.4 Å². The minimum atomic E-state index is 0.499. The van der Waals surface area contributed by atoms with Crippen molar-refractivity contribution in [1.29, 1.82) is 0 Å². The lowest BCUT2D eigenvalue weighted by atomic mass is 10.2. The quantitative estimate of drug-likeness (QED) is 0.680. The summed E-state index contributed by atoms with van der Waals surface area (Å²) >= 11 is 17.4.